The van der Waals surface area contributed by atoms with Gasteiger partial charge in [-0.2, -0.15) is 0 Å². The van der Waals surface area contributed by atoms with Crippen LogP contribution in [0.5, 0.6) is 0 Å². The summed E-state index contributed by atoms with van der Waals surface area (Å²) >= 11 is 9.47. The van der Waals surface area contributed by atoms with Gasteiger partial charge in [-0.15, -0.1) is 21.1 Å². The van der Waals surface area contributed by atoms with Gasteiger partial charge in [0.2, 0.25) is 21.9 Å². The van der Waals surface area contributed by atoms with E-state index in [1.807, 2.05) is 0 Å². The Balaban J connectivity index is 2.09. The molecule has 0 aliphatic carbocycles. The van der Waals surface area contributed by atoms with Crippen molar-refractivity contribution in [1.29, 1.82) is 0 Å². The molecule has 0 aromatic carbocycles. The maximum absolute atomic E-state index is 4.73. The minimum atomic E-state index is 0.279. The summed E-state index contributed by atoms with van der Waals surface area (Å²) in [5, 5.41) is 8.26. The van der Waals surface area contributed by atoms with Gasteiger partial charge in [-0.25, -0.2) is 0 Å². The quantitative estimate of drug-likeness (QED) is 0.374. The van der Waals surface area contributed by atoms with Gasteiger partial charge in [-0.3, -0.25) is 21.7 Å². The summed E-state index contributed by atoms with van der Waals surface area (Å²) in [6.07, 6.45) is 0. The molecule has 2 rings (SSSR count). The summed E-state index contributed by atoms with van der Waals surface area (Å²) in [4.78, 5) is 0. The molecule has 10 heteroatoms. The maximum atomic E-state index is 4.73. The number of hydrogen-bond acceptors (Lipinski definition) is 4. The van der Waals surface area contributed by atoms with Gasteiger partial charge < -0.3 is 0 Å². The van der Waals surface area contributed by atoms with Crippen LogP contribution in [0.3, 0.4) is 0 Å². The first-order valence-corrected chi connectivity index (χ1v) is 4.26. The third-order valence-corrected chi connectivity index (χ3v) is 1.62. The molecule has 0 amide bonds. The zero-order valence-corrected chi connectivity index (χ0v) is 8.24. The number of hydrogen-bond donors (Lipinski definition) is 4. The lowest BCUT2D eigenvalue weighted by molar-refractivity contribution is 0.736. The first-order valence-electron chi connectivity index (χ1n) is 3.45. The summed E-state index contributed by atoms with van der Waals surface area (Å²) in [7, 11) is 0. The van der Waals surface area contributed by atoms with E-state index in [-0.39, 0.29) is 11.7 Å². The van der Waals surface area contributed by atoms with Crippen molar-refractivity contribution in [2.45, 2.75) is 0 Å². The molecule has 0 atom stereocenters. The molecule has 72 valence electrons. The van der Waals surface area contributed by atoms with Gasteiger partial charge >= 0.3 is 0 Å². The molecular formula is C4H4N8S2. The van der Waals surface area contributed by atoms with Crippen molar-refractivity contribution in [1.82, 2.24) is 32.6 Å². The highest BCUT2D eigenvalue weighted by Gasteiger charge is 2.20. The van der Waals surface area contributed by atoms with Gasteiger partial charge in [0.15, 0.2) is 0 Å². The minimum Gasteiger partial charge on any atom is -0.250 e. The Morgan fingerprint density at radius 1 is 0.714 bits per heavy atom. The SMILES string of the molecule is S=C1N[N]C(C2=NNC(=S)N[N]2)=NN1. The van der Waals surface area contributed by atoms with E-state index in [1.165, 1.54) is 0 Å². The topological polar surface area (TPSA) is 101 Å². The number of hydrazone groups is 2. The molecule has 0 saturated heterocycles. The molecule has 0 spiro atoms. The minimum absolute atomic E-state index is 0.279. The third-order valence-electron chi connectivity index (χ3n) is 1.25. The fourth-order valence-electron chi connectivity index (χ4n) is 0.715. The van der Waals surface area contributed by atoms with Crippen LogP contribution in [0, 0.1) is 0 Å². The summed E-state index contributed by atoms with van der Waals surface area (Å²) < 4.78 is 0. The molecule has 0 unspecified atom stereocenters. The van der Waals surface area contributed by atoms with Gasteiger partial charge in [0.1, 0.15) is 0 Å². The zero-order valence-electron chi connectivity index (χ0n) is 6.61. The first kappa shape index (κ1) is 8.90. The van der Waals surface area contributed by atoms with Gasteiger partial charge in [-0.1, -0.05) is 0 Å². The Kier molecular flexibility index (Phi) is 2.28. The highest BCUT2D eigenvalue weighted by Crippen LogP contribution is 1.87. The van der Waals surface area contributed by atoms with Crippen LogP contribution in [-0.2, 0) is 0 Å². The second kappa shape index (κ2) is 3.59. The van der Waals surface area contributed by atoms with E-state index in [9.17, 15) is 0 Å². The van der Waals surface area contributed by atoms with Crippen molar-refractivity contribution in [3.8, 4) is 0 Å². The average molecular weight is 228 g/mol. The maximum Gasteiger partial charge on any atom is 0.239 e. The highest BCUT2D eigenvalue weighted by atomic mass is 32.1. The number of amidine groups is 2. The van der Waals surface area contributed by atoms with Crippen LogP contribution in [0.2, 0.25) is 0 Å². The molecular weight excluding hydrogens is 224 g/mol. The van der Waals surface area contributed by atoms with Crippen molar-refractivity contribution >= 4 is 46.3 Å². The van der Waals surface area contributed by atoms with Crippen LogP contribution in [-0.4, -0.2) is 21.9 Å². The molecule has 2 aliphatic heterocycles. The van der Waals surface area contributed by atoms with E-state index in [4.69, 9.17) is 24.4 Å². The standard InChI is InChI=1S/C4H4N8S2/c13-3-9-5-1(6-10-3)2-7-11-4(14)12-8-2/h(H2,9,10,13)(H2,11,12,14). The fraction of sp³-hybridized carbons (Fsp3) is 0. The van der Waals surface area contributed by atoms with E-state index in [2.05, 4.69) is 42.8 Å². The van der Waals surface area contributed by atoms with Crippen molar-refractivity contribution < 1.29 is 0 Å². The van der Waals surface area contributed by atoms with E-state index in [1.54, 1.807) is 0 Å². The van der Waals surface area contributed by atoms with Gasteiger partial charge in [0, 0.05) is 0 Å². The Hall–Kier alpha value is -1.68. The summed E-state index contributed by atoms with van der Waals surface area (Å²) in [5.74, 6) is 0.558. The Morgan fingerprint density at radius 3 is 1.43 bits per heavy atom. The van der Waals surface area contributed by atoms with Crippen LogP contribution in [0.1, 0.15) is 0 Å². The average Bonchev–Trinajstić information content (AvgIpc) is 2.21. The lowest BCUT2D eigenvalue weighted by atomic mass is 10.5. The molecule has 0 aromatic heterocycles. The predicted octanol–water partition coefficient (Wildman–Crippen LogP) is -2.39. The van der Waals surface area contributed by atoms with E-state index in [0.717, 1.165) is 0 Å². The molecule has 8 nitrogen and oxygen atoms in total. The fourth-order valence-corrected chi connectivity index (χ4v) is 0.897. The van der Waals surface area contributed by atoms with Crippen LogP contribution in [0.25, 0.3) is 0 Å². The monoisotopic (exact) mass is 228 g/mol. The highest BCUT2D eigenvalue weighted by molar-refractivity contribution is 7.80. The van der Waals surface area contributed by atoms with Crippen molar-refractivity contribution in [2.75, 3.05) is 0 Å². The van der Waals surface area contributed by atoms with Crippen molar-refractivity contribution in [3.05, 3.63) is 0 Å². The Morgan fingerprint density at radius 2 is 1.14 bits per heavy atom. The number of thiocarbonyl (C=S) groups is 2. The van der Waals surface area contributed by atoms with Gasteiger partial charge in [0.25, 0.3) is 0 Å². The van der Waals surface area contributed by atoms with E-state index in [0.29, 0.717) is 10.2 Å². The largest absolute Gasteiger partial charge is 0.250 e. The summed E-state index contributed by atoms with van der Waals surface area (Å²) in [6.45, 7) is 0. The zero-order chi connectivity index (χ0) is 9.97. The second-order valence-corrected chi connectivity index (χ2v) is 3.02. The van der Waals surface area contributed by atoms with Crippen LogP contribution in [0.4, 0.5) is 0 Å². The molecule has 0 saturated carbocycles. The smallest absolute Gasteiger partial charge is 0.239 e. The normalized spacial score (nSPS) is 19.7. The van der Waals surface area contributed by atoms with E-state index < -0.39 is 0 Å². The molecule has 4 N–H and O–H groups in total. The number of nitrogens with zero attached hydrogens (tertiary/aromatic N) is 4. The molecule has 14 heavy (non-hydrogen) atoms. The molecule has 2 heterocycles. The van der Waals surface area contributed by atoms with Crippen LogP contribution < -0.4 is 32.6 Å². The predicted molar refractivity (Wildman–Crippen MR) is 56.9 cm³/mol. The summed E-state index contributed by atoms with van der Waals surface area (Å²) in [6, 6.07) is 0. The van der Waals surface area contributed by atoms with Gasteiger partial charge in [0.05, 0.1) is 0 Å². The molecule has 0 bridgehead atoms. The Labute approximate surface area is 89.5 Å². The number of nitrogens with one attached hydrogen (secondary N) is 4. The third kappa shape index (κ3) is 1.80. The van der Waals surface area contributed by atoms with Crippen molar-refractivity contribution in [3.63, 3.8) is 0 Å². The number of rotatable bonds is 1. The lowest BCUT2D eigenvalue weighted by Crippen LogP contribution is -2.55. The summed E-state index contributed by atoms with van der Waals surface area (Å²) in [5.41, 5.74) is 17.7. The lowest BCUT2D eigenvalue weighted by Gasteiger charge is -2.18. The van der Waals surface area contributed by atoms with Gasteiger partial charge in [-0.05, 0) is 24.4 Å². The van der Waals surface area contributed by atoms with Crippen LogP contribution in [0.15, 0.2) is 10.2 Å². The molecule has 2 aliphatic rings. The van der Waals surface area contributed by atoms with Crippen LogP contribution >= 0.6 is 24.4 Å². The Bertz CT molecular complexity index is 311. The molecule has 2 radical (unpaired) electrons. The second-order valence-electron chi connectivity index (χ2n) is 2.20. The van der Waals surface area contributed by atoms with E-state index >= 15 is 0 Å². The van der Waals surface area contributed by atoms with Crippen molar-refractivity contribution in [2.24, 2.45) is 10.2 Å². The first-order chi connectivity index (χ1) is 6.75. The molecule has 0 fully saturated rings. The molecule has 0 aromatic rings.